The van der Waals surface area contributed by atoms with E-state index < -0.39 is 22.8 Å². The molecule has 8 nitrogen and oxygen atoms in total. The first-order valence-electron chi connectivity index (χ1n) is 10.5. The highest BCUT2D eigenvalue weighted by atomic mass is 32.2. The molecule has 2 aromatic carbocycles. The summed E-state index contributed by atoms with van der Waals surface area (Å²) in [5.41, 5.74) is 0.0974. The summed E-state index contributed by atoms with van der Waals surface area (Å²) in [4.78, 5) is 25.7. The number of amides is 1. The van der Waals surface area contributed by atoms with Crippen LogP contribution in [-0.4, -0.2) is 36.9 Å². The van der Waals surface area contributed by atoms with Crippen LogP contribution < -0.4 is 15.6 Å². The molecule has 0 unspecified atom stereocenters. The van der Waals surface area contributed by atoms with Crippen LogP contribution in [0, 0.1) is 11.6 Å². The highest BCUT2D eigenvalue weighted by molar-refractivity contribution is 8.00. The van der Waals surface area contributed by atoms with Gasteiger partial charge >= 0.3 is 5.56 Å². The summed E-state index contributed by atoms with van der Waals surface area (Å²) in [6.07, 6.45) is 3.60. The number of ether oxygens (including phenoxy) is 1. The fraction of sp³-hybridized carbons (Fsp3) is 0.217. The number of carbonyl (C=O) groups is 1. The number of carbonyl (C=O) groups excluding carboxylic acids is 1. The van der Waals surface area contributed by atoms with Gasteiger partial charge in [0.05, 0.1) is 17.5 Å². The van der Waals surface area contributed by atoms with Crippen molar-refractivity contribution in [1.29, 1.82) is 0 Å². The minimum atomic E-state index is -0.739. The van der Waals surface area contributed by atoms with Crippen molar-refractivity contribution in [2.24, 2.45) is 0 Å². The van der Waals surface area contributed by atoms with Crippen LogP contribution in [0.25, 0.3) is 11.3 Å². The maximum atomic E-state index is 13.9. The van der Waals surface area contributed by atoms with Crippen molar-refractivity contribution in [2.75, 3.05) is 11.9 Å². The second-order valence-electron chi connectivity index (χ2n) is 7.20. The van der Waals surface area contributed by atoms with Crippen LogP contribution in [0.3, 0.4) is 0 Å². The molecule has 4 aromatic rings. The lowest BCUT2D eigenvalue weighted by atomic mass is 10.2. The van der Waals surface area contributed by atoms with Crippen molar-refractivity contribution in [1.82, 2.24) is 19.2 Å². The quantitative estimate of drug-likeness (QED) is 0.379. The van der Waals surface area contributed by atoms with Gasteiger partial charge in [0.15, 0.2) is 5.16 Å². The van der Waals surface area contributed by atoms with E-state index >= 15 is 0 Å². The van der Waals surface area contributed by atoms with Crippen molar-refractivity contribution >= 4 is 29.0 Å². The molecular formula is C23H21F2N5O3S. The van der Waals surface area contributed by atoms with Gasteiger partial charge in [-0.2, -0.15) is 0 Å². The molecule has 176 valence electrons. The zero-order valence-electron chi connectivity index (χ0n) is 18.4. The molecule has 11 heteroatoms. The van der Waals surface area contributed by atoms with Crippen molar-refractivity contribution in [3.8, 4) is 11.4 Å². The molecule has 4 rings (SSSR count). The monoisotopic (exact) mass is 485 g/mol. The first kappa shape index (κ1) is 23.4. The number of fused-ring (bicyclic) bond motifs is 1. The van der Waals surface area contributed by atoms with Gasteiger partial charge in [0.25, 0.3) is 0 Å². The van der Waals surface area contributed by atoms with E-state index in [1.54, 1.807) is 43.6 Å². The van der Waals surface area contributed by atoms with Crippen LogP contribution in [0.1, 0.15) is 20.3 Å². The predicted octanol–water partition coefficient (Wildman–Crippen LogP) is 4.07. The highest BCUT2D eigenvalue weighted by Crippen LogP contribution is 2.26. The van der Waals surface area contributed by atoms with E-state index in [1.165, 1.54) is 8.97 Å². The van der Waals surface area contributed by atoms with E-state index in [0.717, 1.165) is 30.0 Å². The lowest BCUT2D eigenvalue weighted by Gasteiger charge is -2.14. The van der Waals surface area contributed by atoms with Gasteiger partial charge in [0.1, 0.15) is 17.4 Å². The number of hydrogen-bond acceptors (Lipinski definition) is 6. The van der Waals surface area contributed by atoms with Gasteiger partial charge in [0.2, 0.25) is 11.6 Å². The lowest BCUT2D eigenvalue weighted by molar-refractivity contribution is -0.115. The molecule has 0 aliphatic heterocycles. The van der Waals surface area contributed by atoms with Gasteiger partial charge in [-0.3, -0.25) is 18.6 Å². The standard InChI is InChI=1S/C23H21F2N5O3S/c1-3-19(21(31)26-18-13-14(24)5-10-17(18)25)34-23-28-27-20-22(32)29(11-12-30(20)23)15-6-8-16(9-7-15)33-4-2/h5-13,19H,3-4H2,1-2H3,(H,26,31)/t19-/m1/s1. The van der Waals surface area contributed by atoms with E-state index in [-0.39, 0.29) is 16.9 Å². The molecule has 34 heavy (non-hydrogen) atoms. The van der Waals surface area contributed by atoms with Gasteiger partial charge in [-0.05, 0) is 49.7 Å². The Morgan fingerprint density at radius 2 is 1.88 bits per heavy atom. The Morgan fingerprint density at radius 1 is 1.12 bits per heavy atom. The average Bonchev–Trinajstić information content (AvgIpc) is 3.24. The topological polar surface area (TPSA) is 90.5 Å². The molecule has 0 spiro atoms. The van der Waals surface area contributed by atoms with E-state index in [9.17, 15) is 18.4 Å². The second kappa shape index (κ2) is 10.0. The molecule has 1 N–H and O–H groups in total. The summed E-state index contributed by atoms with van der Waals surface area (Å²) < 4.78 is 35.7. The first-order chi connectivity index (χ1) is 16.4. The molecule has 0 radical (unpaired) electrons. The number of thioether (sulfide) groups is 1. The molecule has 1 amide bonds. The third-order valence-corrected chi connectivity index (χ3v) is 6.28. The van der Waals surface area contributed by atoms with Crippen molar-refractivity contribution in [2.45, 2.75) is 30.7 Å². The number of nitrogens with zero attached hydrogens (tertiary/aromatic N) is 4. The Kier molecular flexibility index (Phi) is 6.92. The first-order valence-corrected chi connectivity index (χ1v) is 11.4. The summed E-state index contributed by atoms with van der Waals surface area (Å²) in [6.45, 7) is 4.21. The largest absolute Gasteiger partial charge is 0.494 e. The zero-order valence-corrected chi connectivity index (χ0v) is 19.2. The van der Waals surface area contributed by atoms with E-state index in [4.69, 9.17) is 4.74 Å². The molecular weight excluding hydrogens is 464 g/mol. The predicted molar refractivity (Wildman–Crippen MR) is 125 cm³/mol. The molecule has 1 atom stereocenters. The Bertz CT molecular complexity index is 1390. The number of anilines is 1. The molecule has 2 heterocycles. The molecule has 2 aromatic heterocycles. The summed E-state index contributed by atoms with van der Waals surface area (Å²) in [6, 6.07) is 9.90. The van der Waals surface area contributed by atoms with Crippen LogP contribution in [0.15, 0.2) is 64.8 Å². The highest BCUT2D eigenvalue weighted by Gasteiger charge is 2.23. The molecule has 0 saturated carbocycles. The van der Waals surface area contributed by atoms with Crippen LogP contribution in [0.2, 0.25) is 0 Å². The normalized spacial score (nSPS) is 12.0. The molecule has 0 aliphatic rings. The second-order valence-corrected chi connectivity index (χ2v) is 8.37. The van der Waals surface area contributed by atoms with Crippen LogP contribution >= 0.6 is 11.8 Å². The number of benzene rings is 2. The molecule has 0 saturated heterocycles. The fourth-order valence-corrected chi connectivity index (χ4v) is 4.21. The smallest absolute Gasteiger partial charge is 0.300 e. The van der Waals surface area contributed by atoms with Crippen LogP contribution in [0.5, 0.6) is 5.75 Å². The average molecular weight is 486 g/mol. The third kappa shape index (κ3) is 4.79. The van der Waals surface area contributed by atoms with Crippen LogP contribution in [-0.2, 0) is 4.79 Å². The maximum Gasteiger partial charge on any atom is 0.300 e. The van der Waals surface area contributed by atoms with E-state index in [2.05, 4.69) is 15.5 Å². The van der Waals surface area contributed by atoms with Gasteiger partial charge in [-0.25, -0.2) is 8.78 Å². The Labute approximate surface area is 197 Å². The number of aromatic nitrogens is 4. The van der Waals surface area contributed by atoms with Gasteiger partial charge in [0, 0.05) is 24.1 Å². The Morgan fingerprint density at radius 3 is 2.59 bits per heavy atom. The summed E-state index contributed by atoms with van der Waals surface area (Å²) in [5.74, 6) is -1.22. The van der Waals surface area contributed by atoms with E-state index in [1.807, 2.05) is 6.92 Å². The Hall–Kier alpha value is -3.73. The third-order valence-electron chi connectivity index (χ3n) is 4.96. The number of rotatable bonds is 8. The number of halogens is 2. The van der Waals surface area contributed by atoms with Crippen molar-refractivity contribution < 1.29 is 18.3 Å². The van der Waals surface area contributed by atoms with E-state index in [0.29, 0.717) is 29.6 Å². The van der Waals surface area contributed by atoms with Crippen molar-refractivity contribution in [3.63, 3.8) is 0 Å². The Balaban J connectivity index is 1.57. The minimum Gasteiger partial charge on any atom is -0.494 e. The molecule has 0 fully saturated rings. The zero-order chi connectivity index (χ0) is 24.2. The molecule has 0 bridgehead atoms. The summed E-state index contributed by atoms with van der Waals surface area (Å²) in [7, 11) is 0. The SMILES string of the molecule is CCOc1ccc(-n2ccn3c(S[C@H](CC)C(=O)Nc4cc(F)ccc4F)nnc3c2=O)cc1. The maximum absolute atomic E-state index is 13.9. The molecule has 0 aliphatic carbocycles. The van der Waals surface area contributed by atoms with Gasteiger partial charge in [-0.15, -0.1) is 10.2 Å². The lowest BCUT2D eigenvalue weighted by Crippen LogP contribution is -2.25. The minimum absolute atomic E-state index is 0.0883. The number of hydrogen-bond donors (Lipinski definition) is 1. The number of nitrogens with one attached hydrogen (secondary N) is 1. The van der Waals surface area contributed by atoms with Crippen LogP contribution in [0.4, 0.5) is 14.5 Å². The van der Waals surface area contributed by atoms with Crippen molar-refractivity contribution in [3.05, 3.63) is 76.8 Å². The van der Waals surface area contributed by atoms with Gasteiger partial charge in [-0.1, -0.05) is 18.7 Å². The van der Waals surface area contributed by atoms with Gasteiger partial charge < -0.3 is 10.1 Å². The fourth-order valence-electron chi connectivity index (χ4n) is 3.28. The summed E-state index contributed by atoms with van der Waals surface area (Å²) in [5, 5.41) is 10.1. The summed E-state index contributed by atoms with van der Waals surface area (Å²) >= 11 is 1.08.